The molecule has 0 atom stereocenters. The Morgan fingerprint density at radius 2 is 1.97 bits per heavy atom. The maximum atomic E-state index is 13.0. The third-order valence-electron chi connectivity index (χ3n) is 5.32. The predicted molar refractivity (Wildman–Crippen MR) is 121 cm³/mol. The summed E-state index contributed by atoms with van der Waals surface area (Å²) >= 11 is 1.79. The van der Waals surface area contributed by atoms with E-state index in [-0.39, 0.29) is 25.0 Å². The van der Waals surface area contributed by atoms with E-state index in [9.17, 15) is 4.79 Å². The summed E-state index contributed by atoms with van der Waals surface area (Å²) in [5.74, 6) is -0.323. The Balaban J connectivity index is 0.00000240. The highest BCUT2D eigenvalue weighted by Crippen LogP contribution is 2.43. The van der Waals surface area contributed by atoms with Gasteiger partial charge in [-0.2, -0.15) is 0 Å². The first kappa shape index (κ1) is 21.8. The standard InChI is InChI=1S/C23H25NO3S.ClH/c1-14-7-6-8-16(13-14)20-19(23(25)27-12-11-26-3)15(2)24-22-21(20)17-9-4-5-10-18(17)28-22;/h6-8,13H,4-5,9-12H2,1-3H3;1H. The van der Waals surface area contributed by atoms with Gasteiger partial charge in [-0.05, 0) is 50.7 Å². The van der Waals surface area contributed by atoms with Gasteiger partial charge in [0, 0.05) is 22.9 Å². The molecule has 154 valence electrons. The molecule has 0 spiro atoms. The second-order valence-corrected chi connectivity index (χ2v) is 8.42. The number of carbonyl (C=O) groups excluding carboxylic acids is 1. The summed E-state index contributed by atoms with van der Waals surface area (Å²) in [6.07, 6.45) is 4.57. The van der Waals surface area contributed by atoms with Gasteiger partial charge in [0.05, 0.1) is 17.9 Å². The average molecular weight is 432 g/mol. The number of esters is 1. The van der Waals surface area contributed by atoms with Crippen LogP contribution in [-0.2, 0) is 22.3 Å². The number of benzene rings is 1. The second kappa shape index (κ2) is 9.24. The van der Waals surface area contributed by atoms with Crippen LogP contribution in [0.15, 0.2) is 24.3 Å². The van der Waals surface area contributed by atoms with E-state index in [4.69, 9.17) is 14.5 Å². The number of halogens is 1. The van der Waals surface area contributed by atoms with E-state index in [0.29, 0.717) is 12.2 Å². The van der Waals surface area contributed by atoms with E-state index in [1.165, 1.54) is 28.8 Å². The molecule has 0 fully saturated rings. The summed E-state index contributed by atoms with van der Waals surface area (Å²) in [4.78, 5) is 20.3. The fraction of sp³-hybridized carbons (Fsp3) is 0.391. The normalized spacial score (nSPS) is 13.1. The number of thiophene rings is 1. The molecule has 6 heteroatoms. The number of methoxy groups -OCH3 is 1. The minimum Gasteiger partial charge on any atom is -0.460 e. The van der Waals surface area contributed by atoms with E-state index in [1.807, 2.05) is 13.0 Å². The lowest BCUT2D eigenvalue weighted by Gasteiger charge is -2.17. The van der Waals surface area contributed by atoms with Crippen molar-refractivity contribution < 1.29 is 14.3 Å². The highest BCUT2D eigenvalue weighted by molar-refractivity contribution is 7.19. The highest BCUT2D eigenvalue weighted by Gasteiger charge is 2.27. The third-order valence-corrected chi connectivity index (χ3v) is 6.50. The Morgan fingerprint density at radius 1 is 1.17 bits per heavy atom. The monoisotopic (exact) mass is 431 g/mol. The Hall–Kier alpha value is -1.95. The number of aryl methyl sites for hydroxylation is 4. The molecule has 3 aromatic rings. The first-order valence-electron chi connectivity index (χ1n) is 9.78. The molecule has 1 aliphatic rings. The Kier molecular flexibility index (Phi) is 6.93. The molecular formula is C23H26ClNO3S. The summed E-state index contributed by atoms with van der Waals surface area (Å²) < 4.78 is 10.5. The molecule has 0 N–H and O–H groups in total. The Labute approximate surface area is 181 Å². The number of fused-ring (bicyclic) bond motifs is 3. The zero-order valence-electron chi connectivity index (χ0n) is 17.0. The van der Waals surface area contributed by atoms with Gasteiger partial charge in [-0.25, -0.2) is 9.78 Å². The fourth-order valence-electron chi connectivity index (χ4n) is 4.03. The van der Waals surface area contributed by atoms with Crippen molar-refractivity contribution >= 4 is 39.9 Å². The number of hydrogen-bond donors (Lipinski definition) is 0. The molecule has 4 nitrogen and oxygen atoms in total. The van der Waals surface area contributed by atoms with Crippen LogP contribution in [0, 0.1) is 13.8 Å². The van der Waals surface area contributed by atoms with Crippen molar-refractivity contribution in [2.24, 2.45) is 0 Å². The van der Waals surface area contributed by atoms with Crippen molar-refractivity contribution in [2.75, 3.05) is 20.3 Å². The van der Waals surface area contributed by atoms with Crippen molar-refractivity contribution in [3.05, 3.63) is 51.5 Å². The van der Waals surface area contributed by atoms with E-state index >= 15 is 0 Å². The molecule has 1 aliphatic carbocycles. The van der Waals surface area contributed by atoms with Crippen molar-refractivity contribution in [2.45, 2.75) is 39.5 Å². The number of aromatic nitrogens is 1. The van der Waals surface area contributed by atoms with Crippen LogP contribution < -0.4 is 0 Å². The molecule has 0 saturated carbocycles. The average Bonchev–Trinajstić information content (AvgIpc) is 3.04. The van der Waals surface area contributed by atoms with Crippen LogP contribution in [0.1, 0.15) is 44.9 Å². The molecule has 2 heterocycles. The number of nitrogens with zero attached hydrogens (tertiary/aromatic N) is 1. The van der Waals surface area contributed by atoms with Crippen LogP contribution >= 0.6 is 23.7 Å². The van der Waals surface area contributed by atoms with E-state index < -0.39 is 0 Å². The summed E-state index contributed by atoms with van der Waals surface area (Å²) in [5, 5.41) is 1.15. The summed E-state index contributed by atoms with van der Waals surface area (Å²) in [6, 6.07) is 8.35. The van der Waals surface area contributed by atoms with Crippen LogP contribution in [0.2, 0.25) is 0 Å². The molecule has 0 amide bonds. The minimum absolute atomic E-state index is 0. The van der Waals surface area contributed by atoms with E-state index in [0.717, 1.165) is 39.9 Å². The number of ether oxygens (including phenoxy) is 2. The summed E-state index contributed by atoms with van der Waals surface area (Å²) in [6.45, 7) is 4.61. The van der Waals surface area contributed by atoms with Crippen LogP contribution in [0.4, 0.5) is 0 Å². The van der Waals surface area contributed by atoms with Gasteiger partial charge in [-0.1, -0.05) is 29.8 Å². The number of carbonyl (C=O) groups is 1. The molecule has 4 rings (SSSR count). The quantitative estimate of drug-likeness (QED) is 0.385. The van der Waals surface area contributed by atoms with Crippen molar-refractivity contribution in [3.63, 3.8) is 0 Å². The Morgan fingerprint density at radius 3 is 2.72 bits per heavy atom. The third kappa shape index (κ3) is 4.18. The van der Waals surface area contributed by atoms with Crippen LogP contribution in [0.5, 0.6) is 0 Å². The lowest BCUT2D eigenvalue weighted by molar-refractivity contribution is 0.0388. The molecule has 29 heavy (non-hydrogen) atoms. The predicted octanol–water partition coefficient (Wildman–Crippen LogP) is 5.68. The largest absolute Gasteiger partial charge is 0.460 e. The molecule has 0 bridgehead atoms. The molecule has 0 aliphatic heterocycles. The molecule has 0 radical (unpaired) electrons. The zero-order valence-corrected chi connectivity index (χ0v) is 18.7. The molecule has 2 aromatic heterocycles. The minimum atomic E-state index is -0.323. The highest BCUT2D eigenvalue weighted by atomic mass is 35.5. The fourth-order valence-corrected chi connectivity index (χ4v) is 5.35. The van der Waals surface area contributed by atoms with Crippen LogP contribution in [0.25, 0.3) is 21.3 Å². The first-order valence-corrected chi connectivity index (χ1v) is 10.6. The SMILES string of the molecule is COCCOC(=O)c1c(C)nc2sc3c(c2c1-c1cccc(C)c1)CCCC3.Cl. The van der Waals surface area contributed by atoms with Gasteiger partial charge in [0.1, 0.15) is 11.4 Å². The number of hydrogen-bond acceptors (Lipinski definition) is 5. The van der Waals surface area contributed by atoms with Gasteiger partial charge in [0.15, 0.2) is 0 Å². The molecule has 1 aromatic carbocycles. The van der Waals surface area contributed by atoms with Gasteiger partial charge in [0.2, 0.25) is 0 Å². The smallest absolute Gasteiger partial charge is 0.340 e. The second-order valence-electron chi connectivity index (χ2n) is 7.34. The summed E-state index contributed by atoms with van der Waals surface area (Å²) in [7, 11) is 1.60. The zero-order chi connectivity index (χ0) is 19.7. The van der Waals surface area contributed by atoms with Gasteiger partial charge in [-0.3, -0.25) is 0 Å². The van der Waals surface area contributed by atoms with Gasteiger partial charge in [-0.15, -0.1) is 23.7 Å². The molecular weight excluding hydrogens is 406 g/mol. The van der Waals surface area contributed by atoms with E-state index in [2.05, 4.69) is 25.1 Å². The van der Waals surface area contributed by atoms with Crippen LogP contribution in [0.3, 0.4) is 0 Å². The first-order chi connectivity index (χ1) is 13.6. The Bertz CT molecular complexity index is 1040. The van der Waals surface area contributed by atoms with E-state index in [1.54, 1.807) is 18.4 Å². The number of pyridine rings is 1. The topological polar surface area (TPSA) is 48.4 Å². The van der Waals surface area contributed by atoms with Crippen molar-refractivity contribution in [1.82, 2.24) is 4.98 Å². The lowest BCUT2D eigenvalue weighted by Crippen LogP contribution is -2.14. The summed E-state index contributed by atoms with van der Waals surface area (Å²) in [5.41, 5.74) is 5.89. The van der Waals surface area contributed by atoms with Gasteiger partial charge >= 0.3 is 5.97 Å². The van der Waals surface area contributed by atoms with Gasteiger partial charge in [0.25, 0.3) is 0 Å². The maximum Gasteiger partial charge on any atom is 0.340 e. The van der Waals surface area contributed by atoms with Crippen molar-refractivity contribution in [3.8, 4) is 11.1 Å². The van der Waals surface area contributed by atoms with Gasteiger partial charge < -0.3 is 9.47 Å². The van der Waals surface area contributed by atoms with Crippen molar-refractivity contribution in [1.29, 1.82) is 0 Å². The molecule has 0 unspecified atom stereocenters. The lowest BCUT2D eigenvalue weighted by atomic mass is 9.89. The molecule has 0 saturated heterocycles. The van der Waals surface area contributed by atoms with Crippen LogP contribution in [-0.4, -0.2) is 31.3 Å². The maximum absolute atomic E-state index is 13.0. The number of rotatable bonds is 5.